The quantitative estimate of drug-likeness (QED) is 0.351. The summed E-state index contributed by atoms with van der Waals surface area (Å²) in [4.78, 5) is 48.5. The van der Waals surface area contributed by atoms with Gasteiger partial charge in [0.25, 0.3) is 0 Å². The van der Waals surface area contributed by atoms with E-state index in [4.69, 9.17) is 16.6 Å². The molecule has 11 nitrogen and oxygen atoms in total. The van der Waals surface area contributed by atoms with Gasteiger partial charge in [-0.1, -0.05) is 0 Å². The smallest absolute Gasteiger partial charge is 0.341 e. The third-order valence-electron chi connectivity index (χ3n) is 6.22. The predicted molar refractivity (Wildman–Crippen MR) is 115 cm³/mol. The van der Waals surface area contributed by atoms with E-state index in [1.165, 1.54) is 9.47 Å². The first kappa shape index (κ1) is 23.6. The van der Waals surface area contributed by atoms with Gasteiger partial charge in [-0.05, 0) is 31.7 Å². The average Bonchev–Trinajstić information content (AvgIpc) is 3.51. The molecule has 182 valence electrons. The lowest BCUT2D eigenvalue weighted by atomic mass is 10.1. The number of carboxylic acid groups (broad SMARTS) is 2. The number of nitrogens with zero attached hydrogens (tertiary/aromatic N) is 2. The third kappa shape index (κ3) is 3.96. The summed E-state index contributed by atoms with van der Waals surface area (Å²) < 4.78 is 32.5. The highest BCUT2D eigenvalue weighted by atomic mass is 19.1. The molecule has 2 unspecified atom stereocenters. The van der Waals surface area contributed by atoms with Crippen molar-refractivity contribution in [3.05, 3.63) is 39.7 Å². The Balaban J connectivity index is 1.83. The lowest BCUT2D eigenvalue weighted by Gasteiger charge is -2.32. The summed E-state index contributed by atoms with van der Waals surface area (Å²) >= 11 is 0. The molecule has 0 bridgehead atoms. The molecule has 1 aliphatic carbocycles. The fourth-order valence-electron chi connectivity index (χ4n) is 4.41. The average molecular weight is 479 g/mol. The van der Waals surface area contributed by atoms with E-state index in [-0.39, 0.29) is 18.1 Å². The van der Waals surface area contributed by atoms with E-state index in [2.05, 4.69) is 5.32 Å². The fourth-order valence-corrected chi connectivity index (χ4v) is 4.41. The molecule has 7 N–H and O–H groups in total. The van der Waals surface area contributed by atoms with E-state index < -0.39 is 69.8 Å². The highest BCUT2D eigenvalue weighted by molar-refractivity contribution is 5.94. The van der Waals surface area contributed by atoms with Crippen LogP contribution in [-0.4, -0.2) is 57.4 Å². The van der Waals surface area contributed by atoms with Crippen LogP contribution >= 0.6 is 0 Å². The number of nitrogens with two attached hydrogens (primary N) is 2. The highest BCUT2D eigenvalue weighted by Crippen LogP contribution is 2.40. The first-order valence-electron chi connectivity index (χ1n) is 10.6. The largest absolute Gasteiger partial charge is 0.480 e. The SMILES string of the molecule is NC(=O)C(NC1CCCN1c1c(F)cc2c(=O)c(C(=O)O)cn(C3CC3)c2c1F)[C@H](N)C(=O)O. The number of hydrogen-bond acceptors (Lipinski definition) is 7. The Morgan fingerprint density at radius 3 is 2.41 bits per heavy atom. The zero-order valence-electron chi connectivity index (χ0n) is 17.8. The van der Waals surface area contributed by atoms with Gasteiger partial charge >= 0.3 is 11.9 Å². The number of hydrogen-bond donors (Lipinski definition) is 5. The van der Waals surface area contributed by atoms with Crippen molar-refractivity contribution in [3.8, 4) is 0 Å². The molecule has 1 aromatic carbocycles. The molecule has 34 heavy (non-hydrogen) atoms. The van der Waals surface area contributed by atoms with Crippen molar-refractivity contribution in [2.24, 2.45) is 11.5 Å². The molecule has 2 aromatic rings. The number of primary amides is 1. The number of aromatic nitrogens is 1. The predicted octanol–water partition coefficient (Wildman–Crippen LogP) is 0.0945. The van der Waals surface area contributed by atoms with E-state index >= 15 is 8.78 Å². The number of nitrogens with one attached hydrogen (secondary N) is 1. The molecule has 0 spiro atoms. The summed E-state index contributed by atoms with van der Waals surface area (Å²) in [5.74, 6) is -6.17. The highest BCUT2D eigenvalue weighted by Gasteiger charge is 2.38. The van der Waals surface area contributed by atoms with Crippen LogP contribution in [0.3, 0.4) is 0 Å². The second-order valence-electron chi connectivity index (χ2n) is 8.49. The van der Waals surface area contributed by atoms with Gasteiger partial charge in [-0.3, -0.25) is 19.7 Å². The number of carboxylic acids is 2. The lowest BCUT2D eigenvalue weighted by Crippen LogP contribution is -2.61. The van der Waals surface area contributed by atoms with Gasteiger partial charge in [0, 0.05) is 18.8 Å². The van der Waals surface area contributed by atoms with Crippen LogP contribution in [0.5, 0.6) is 0 Å². The molecule has 1 aliphatic heterocycles. The molecule has 1 saturated carbocycles. The zero-order chi connectivity index (χ0) is 24.9. The van der Waals surface area contributed by atoms with Crippen molar-refractivity contribution < 1.29 is 33.4 Å². The number of aliphatic carboxylic acids is 1. The van der Waals surface area contributed by atoms with Gasteiger partial charge in [0.15, 0.2) is 5.82 Å². The van der Waals surface area contributed by atoms with Crippen molar-refractivity contribution in [1.82, 2.24) is 9.88 Å². The summed E-state index contributed by atoms with van der Waals surface area (Å²) in [7, 11) is 0. The number of anilines is 1. The minimum atomic E-state index is -1.68. The molecule has 2 fully saturated rings. The van der Waals surface area contributed by atoms with Crippen LogP contribution in [0.25, 0.3) is 10.9 Å². The standard InChI is InChI=1S/C21H23F2N5O6/c22-11-6-9-16(28(8-3-4-8)7-10(18(9)29)20(31)32)13(23)17(11)27-5-1-2-12(27)26-15(19(25)30)14(24)21(33)34/h6-8,12,14-15,26H,1-5,24H2,(H2,25,30)(H,31,32)(H,33,34)/t12?,14-,15?/m0/s1. The zero-order valence-corrected chi connectivity index (χ0v) is 17.8. The number of benzene rings is 1. The van der Waals surface area contributed by atoms with Crippen molar-refractivity contribution in [1.29, 1.82) is 0 Å². The number of fused-ring (bicyclic) bond motifs is 1. The molecule has 2 aliphatic rings. The molecular formula is C21H23F2N5O6. The maximum Gasteiger partial charge on any atom is 0.341 e. The molecule has 1 saturated heterocycles. The molecule has 3 atom stereocenters. The first-order valence-corrected chi connectivity index (χ1v) is 10.6. The number of pyridine rings is 1. The molecule has 1 amide bonds. The maximum absolute atomic E-state index is 15.9. The van der Waals surface area contributed by atoms with Crippen LogP contribution in [0.15, 0.2) is 17.1 Å². The van der Waals surface area contributed by atoms with E-state index in [1.807, 2.05) is 0 Å². The number of carbonyl (C=O) groups is 3. The third-order valence-corrected chi connectivity index (χ3v) is 6.22. The van der Waals surface area contributed by atoms with Crippen LogP contribution in [0.4, 0.5) is 14.5 Å². The van der Waals surface area contributed by atoms with Gasteiger partial charge < -0.3 is 31.1 Å². The Morgan fingerprint density at radius 2 is 1.85 bits per heavy atom. The number of halogens is 2. The fraction of sp³-hybridized carbons (Fsp3) is 0.429. The molecular weight excluding hydrogens is 456 g/mol. The van der Waals surface area contributed by atoms with Crippen LogP contribution in [0.2, 0.25) is 0 Å². The van der Waals surface area contributed by atoms with E-state index in [0.717, 1.165) is 12.3 Å². The van der Waals surface area contributed by atoms with Crippen molar-refractivity contribution in [2.75, 3.05) is 11.4 Å². The van der Waals surface area contributed by atoms with Gasteiger partial charge in [-0.25, -0.2) is 13.6 Å². The van der Waals surface area contributed by atoms with Gasteiger partial charge in [-0.2, -0.15) is 0 Å². The van der Waals surface area contributed by atoms with Crippen molar-refractivity contribution >= 4 is 34.4 Å². The number of carbonyl (C=O) groups excluding carboxylic acids is 1. The monoisotopic (exact) mass is 479 g/mol. The van der Waals surface area contributed by atoms with Gasteiger partial charge in [0.1, 0.15) is 29.2 Å². The number of rotatable bonds is 8. The van der Waals surface area contributed by atoms with Crippen LogP contribution < -0.4 is 27.1 Å². The number of aromatic carboxylic acids is 1. The topological polar surface area (TPSA) is 181 Å². The Bertz CT molecular complexity index is 1260. The van der Waals surface area contributed by atoms with Crippen molar-refractivity contribution in [3.63, 3.8) is 0 Å². The van der Waals surface area contributed by atoms with E-state index in [0.29, 0.717) is 25.7 Å². The summed E-state index contributed by atoms with van der Waals surface area (Å²) in [5.41, 5.74) is 8.57. The Morgan fingerprint density at radius 1 is 1.18 bits per heavy atom. The Labute approximate surface area is 190 Å². The summed E-state index contributed by atoms with van der Waals surface area (Å²) in [5, 5.41) is 20.8. The normalized spacial score (nSPS) is 19.9. The molecule has 2 heterocycles. The molecule has 0 radical (unpaired) electrons. The number of amides is 1. The van der Waals surface area contributed by atoms with E-state index in [1.54, 1.807) is 0 Å². The Hall–Kier alpha value is -3.58. The Kier molecular flexibility index (Phi) is 6.00. The maximum atomic E-state index is 15.9. The van der Waals surface area contributed by atoms with Gasteiger partial charge in [0.2, 0.25) is 11.3 Å². The molecule has 1 aromatic heterocycles. The summed E-state index contributed by atoms with van der Waals surface area (Å²) in [6, 6.07) is -2.60. The lowest BCUT2D eigenvalue weighted by molar-refractivity contribution is -0.141. The minimum absolute atomic E-state index is 0.158. The second-order valence-corrected chi connectivity index (χ2v) is 8.49. The van der Waals surface area contributed by atoms with Gasteiger partial charge in [-0.15, -0.1) is 0 Å². The molecule has 13 heteroatoms. The second kappa shape index (κ2) is 8.65. The van der Waals surface area contributed by atoms with E-state index in [9.17, 15) is 24.3 Å². The molecule has 4 rings (SSSR count). The van der Waals surface area contributed by atoms with Crippen LogP contribution in [-0.2, 0) is 9.59 Å². The first-order chi connectivity index (χ1) is 16.0. The minimum Gasteiger partial charge on any atom is -0.480 e. The van der Waals surface area contributed by atoms with Gasteiger partial charge in [0.05, 0.1) is 17.1 Å². The summed E-state index contributed by atoms with van der Waals surface area (Å²) in [6.07, 6.45) is 2.25. The summed E-state index contributed by atoms with van der Waals surface area (Å²) in [6.45, 7) is 0.158. The van der Waals surface area contributed by atoms with Crippen molar-refractivity contribution in [2.45, 2.75) is 50.0 Å². The van der Waals surface area contributed by atoms with Crippen LogP contribution in [0, 0.1) is 11.6 Å². The van der Waals surface area contributed by atoms with Crippen LogP contribution in [0.1, 0.15) is 42.1 Å².